The summed E-state index contributed by atoms with van der Waals surface area (Å²) >= 11 is 0. The lowest BCUT2D eigenvalue weighted by Gasteiger charge is -2.40. The van der Waals surface area contributed by atoms with Gasteiger partial charge in [0.2, 0.25) is 0 Å². The van der Waals surface area contributed by atoms with Gasteiger partial charge in [0.15, 0.2) is 0 Å². The summed E-state index contributed by atoms with van der Waals surface area (Å²) in [7, 11) is 6.67. The predicted molar refractivity (Wildman–Crippen MR) is 68.8 cm³/mol. The van der Waals surface area contributed by atoms with Crippen LogP contribution in [0.2, 0.25) is 0 Å². The van der Waals surface area contributed by atoms with Crippen LogP contribution in [0.4, 0.5) is 0 Å². The van der Waals surface area contributed by atoms with Crippen molar-refractivity contribution in [2.24, 2.45) is 0 Å². The molecule has 3 nitrogen and oxygen atoms in total. The van der Waals surface area contributed by atoms with Crippen LogP contribution in [-0.2, 0) is 0 Å². The Morgan fingerprint density at radius 1 is 1.25 bits per heavy atom. The Morgan fingerprint density at radius 2 is 1.88 bits per heavy atom. The van der Waals surface area contributed by atoms with Gasteiger partial charge in [0.25, 0.3) is 0 Å². The van der Waals surface area contributed by atoms with Gasteiger partial charge >= 0.3 is 0 Å². The number of nitrogens with zero attached hydrogens (tertiary/aromatic N) is 2. The van der Waals surface area contributed by atoms with E-state index in [1.54, 1.807) is 0 Å². The van der Waals surface area contributed by atoms with Gasteiger partial charge < -0.3 is 15.1 Å². The molecule has 2 aliphatic rings. The summed E-state index contributed by atoms with van der Waals surface area (Å²) in [5, 5.41) is 3.23. The van der Waals surface area contributed by atoms with Crippen LogP contribution in [0.25, 0.3) is 0 Å². The van der Waals surface area contributed by atoms with Crippen LogP contribution < -0.4 is 5.32 Å². The maximum Gasteiger partial charge on any atom is 0.0122 e. The summed E-state index contributed by atoms with van der Waals surface area (Å²) in [6.45, 7) is 2.39. The molecular formula is C13H27N3. The van der Waals surface area contributed by atoms with Gasteiger partial charge in [-0.25, -0.2) is 0 Å². The second-order valence-electron chi connectivity index (χ2n) is 5.61. The minimum absolute atomic E-state index is 0.838. The van der Waals surface area contributed by atoms with Crippen molar-refractivity contribution in [1.82, 2.24) is 15.1 Å². The minimum atomic E-state index is 0.838. The molecule has 0 spiro atoms. The Labute approximate surface area is 100 Å². The Hall–Kier alpha value is -0.120. The lowest BCUT2D eigenvalue weighted by molar-refractivity contribution is 0.0900. The monoisotopic (exact) mass is 225 g/mol. The Kier molecular flexibility index (Phi) is 4.22. The molecule has 2 unspecified atom stereocenters. The third-order valence-corrected chi connectivity index (χ3v) is 4.63. The summed E-state index contributed by atoms with van der Waals surface area (Å²) in [5.74, 6) is 0. The van der Waals surface area contributed by atoms with Gasteiger partial charge in [-0.2, -0.15) is 0 Å². The Bertz CT molecular complexity index is 205. The second kappa shape index (κ2) is 5.48. The summed E-state index contributed by atoms with van der Waals surface area (Å²) in [5.41, 5.74) is 0. The van der Waals surface area contributed by atoms with Crippen LogP contribution in [0.5, 0.6) is 0 Å². The van der Waals surface area contributed by atoms with E-state index in [0.717, 1.165) is 24.7 Å². The molecule has 0 radical (unpaired) electrons. The van der Waals surface area contributed by atoms with Crippen molar-refractivity contribution in [2.75, 3.05) is 34.2 Å². The molecule has 0 aromatic rings. The van der Waals surface area contributed by atoms with E-state index in [1.807, 2.05) is 7.05 Å². The van der Waals surface area contributed by atoms with Gasteiger partial charge in [0.1, 0.15) is 0 Å². The summed E-state index contributed by atoms with van der Waals surface area (Å²) in [4.78, 5) is 5.22. The molecule has 0 aromatic heterocycles. The number of fused-ring (bicyclic) bond motifs is 2. The van der Waals surface area contributed by atoms with Crippen LogP contribution in [0.1, 0.15) is 32.1 Å². The third-order valence-electron chi connectivity index (χ3n) is 4.63. The molecule has 1 N–H and O–H groups in total. The fourth-order valence-electron chi connectivity index (χ4n) is 3.43. The van der Waals surface area contributed by atoms with Crippen molar-refractivity contribution in [1.29, 1.82) is 0 Å². The molecule has 2 atom stereocenters. The van der Waals surface area contributed by atoms with E-state index in [-0.39, 0.29) is 0 Å². The molecule has 0 saturated carbocycles. The summed E-state index contributed by atoms with van der Waals surface area (Å²) < 4.78 is 0. The van der Waals surface area contributed by atoms with Crippen molar-refractivity contribution in [3.63, 3.8) is 0 Å². The fraction of sp³-hybridized carbons (Fsp3) is 1.00. The highest BCUT2D eigenvalue weighted by molar-refractivity contribution is 4.96. The quantitative estimate of drug-likeness (QED) is 0.708. The van der Waals surface area contributed by atoms with E-state index in [9.17, 15) is 0 Å². The lowest BCUT2D eigenvalue weighted by Crippen LogP contribution is -2.48. The lowest BCUT2D eigenvalue weighted by atomic mass is 9.97. The smallest absolute Gasteiger partial charge is 0.0122 e. The number of hydrogen-bond donors (Lipinski definition) is 1. The number of nitrogens with one attached hydrogen (secondary N) is 1. The van der Waals surface area contributed by atoms with E-state index >= 15 is 0 Å². The van der Waals surface area contributed by atoms with Crippen LogP contribution in [0.15, 0.2) is 0 Å². The van der Waals surface area contributed by atoms with Crippen molar-refractivity contribution >= 4 is 0 Å². The zero-order valence-corrected chi connectivity index (χ0v) is 11.1. The SMILES string of the molecule is CNCCCN(C)C1CC2CCC(C1)N2C. The molecule has 94 valence electrons. The highest BCUT2D eigenvalue weighted by atomic mass is 15.2. The van der Waals surface area contributed by atoms with Gasteiger partial charge in [-0.15, -0.1) is 0 Å². The molecule has 16 heavy (non-hydrogen) atoms. The highest BCUT2D eigenvalue weighted by Crippen LogP contribution is 2.35. The molecule has 2 saturated heterocycles. The first-order valence-corrected chi connectivity index (χ1v) is 6.79. The first-order chi connectivity index (χ1) is 7.72. The van der Waals surface area contributed by atoms with Gasteiger partial charge in [-0.3, -0.25) is 0 Å². The zero-order chi connectivity index (χ0) is 11.5. The molecule has 2 fully saturated rings. The molecule has 0 amide bonds. The predicted octanol–water partition coefficient (Wildman–Crippen LogP) is 1.15. The van der Waals surface area contributed by atoms with E-state index in [2.05, 4.69) is 29.2 Å². The molecule has 2 aliphatic heterocycles. The van der Waals surface area contributed by atoms with Crippen LogP contribution in [0, 0.1) is 0 Å². The zero-order valence-electron chi connectivity index (χ0n) is 11.1. The normalized spacial score (nSPS) is 34.9. The van der Waals surface area contributed by atoms with E-state index in [4.69, 9.17) is 0 Å². The van der Waals surface area contributed by atoms with E-state index in [0.29, 0.717) is 0 Å². The molecule has 2 bridgehead atoms. The molecule has 2 rings (SSSR count). The highest BCUT2D eigenvalue weighted by Gasteiger charge is 2.39. The second-order valence-corrected chi connectivity index (χ2v) is 5.61. The van der Waals surface area contributed by atoms with Gasteiger partial charge in [-0.1, -0.05) is 0 Å². The first-order valence-electron chi connectivity index (χ1n) is 6.79. The van der Waals surface area contributed by atoms with Crippen molar-refractivity contribution in [3.8, 4) is 0 Å². The molecule has 0 aromatic carbocycles. The standard InChI is InChI=1S/C13H27N3/c1-14-7-4-8-15(2)13-9-11-5-6-12(10-13)16(11)3/h11-14H,4-10H2,1-3H3. The van der Waals surface area contributed by atoms with Crippen LogP contribution in [0.3, 0.4) is 0 Å². The molecule has 0 aliphatic carbocycles. The maximum atomic E-state index is 3.23. The van der Waals surface area contributed by atoms with E-state index in [1.165, 1.54) is 38.6 Å². The molecular weight excluding hydrogens is 198 g/mol. The summed E-state index contributed by atoms with van der Waals surface area (Å²) in [6.07, 6.45) is 6.92. The summed E-state index contributed by atoms with van der Waals surface area (Å²) in [6, 6.07) is 2.58. The number of piperidine rings is 1. The largest absolute Gasteiger partial charge is 0.320 e. The Balaban J connectivity index is 1.78. The topological polar surface area (TPSA) is 18.5 Å². The van der Waals surface area contributed by atoms with Crippen molar-refractivity contribution in [2.45, 2.75) is 50.2 Å². The number of hydrogen-bond acceptors (Lipinski definition) is 3. The Morgan fingerprint density at radius 3 is 2.44 bits per heavy atom. The fourth-order valence-corrected chi connectivity index (χ4v) is 3.43. The molecule has 2 heterocycles. The first kappa shape index (κ1) is 12.3. The minimum Gasteiger partial charge on any atom is -0.320 e. The molecule has 3 heteroatoms. The average Bonchev–Trinajstić information content (AvgIpc) is 2.53. The van der Waals surface area contributed by atoms with Gasteiger partial charge in [0.05, 0.1) is 0 Å². The van der Waals surface area contributed by atoms with Gasteiger partial charge in [0, 0.05) is 18.1 Å². The van der Waals surface area contributed by atoms with Crippen molar-refractivity contribution < 1.29 is 0 Å². The van der Waals surface area contributed by atoms with Crippen LogP contribution >= 0.6 is 0 Å². The third kappa shape index (κ3) is 2.58. The van der Waals surface area contributed by atoms with Crippen molar-refractivity contribution in [3.05, 3.63) is 0 Å². The van der Waals surface area contributed by atoms with Crippen LogP contribution in [-0.4, -0.2) is 62.2 Å². The number of rotatable bonds is 5. The van der Waals surface area contributed by atoms with Gasteiger partial charge in [-0.05, 0) is 66.3 Å². The maximum absolute atomic E-state index is 3.23. The van der Waals surface area contributed by atoms with E-state index < -0.39 is 0 Å². The average molecular weight is 225 g/mol.